The van der Waals surface area contributed by atoms with E-state index in [1.807, 2.05) is 24.3 Å². The van der Waals surface area contributed by atoms with Crippen LogP contribution in [0.1, 0.15) is 18.7 Å². The number of anilines is 1. The molecule has 1 unspecified atom stereocenters. The SMILES string of the molecule is CC(=O)Nc1ccccc1C1N=NN1. The lowest BCUT2D eigenvalue weighted by molar-refractivity contribution is -0.114. The van der Waals surface area contributed by atoms with Crippen LogP contribution in [0.15, 0.2) is 34.6 Å². The summed E-state index contributed by atoms with van der Waals surface area (Å²) in [5.41, 5.74) is 4.49. The summed E-state index contributed by atoms with van der Waals surface area (Å²) in [5, 5.41) is 10.2. The summed E-state index contributed by atoms with van der Waals surface area (Å²) in [5.74, 6) is -0.0892. The van der Waals surface area contributed by atoms with Crippen molar-refractivity contribution in [1.29, 1.82) is 0 Å². The third-order valence-corrected chi connectivity index (χ3v) is 1.92. The zero-order valence-corrected chi connectivity index (χ0v) is 7.69. The van der Waals surface area contributed by atoms with E-state index in [4.69, 9.17) is 0 Å². The fourth-order valence-corrected chi connectivity index (χ4v) is 1.29. The van der Waals surface area contributed by atoms with Gasteiger partial charge in [0.1, 0.15) is 0 Å². The lowest BCUT2D eigenvalue weighted by atomic mass is 10.1. The van der Waals surface area contributed by atoms with Crippen molar-refractivity contribution in [2.75, 3.05) is 5.32 Å². The van der Waals surface area contributed by atoms with Crippen LogP contribution in [0.4, 0.5) is 5.69 Å². The Kier molecular flexibility index (Phi) is 2.14. The lowest BCUT2D eigenvalue weighted by Gasteiger charge is -2.20. The molecule has 14 heavy (non-hydrogen) atoms. The van der Waals surface area contributed by atoms with E-state index in [1.165, 1.54) is 6.92 Å². The van der Waals surface area contributed by atoms with E-state index in [0.29, 0.717) is 0 Å². The molecule has 0 aliphatic carbocycles. The van der Waals surface area contributed by atoms with Crippen LogP contribution in [0, 0.1) is 0 Å². The fourth-order valence-electron chi connectivity index (χ4n) is 1.29. The van der Waals surface area contributed by atoms with E-state index < -0.39 is 0 Å². The third kappa shape index (κ3) is 1.56. The Morgan fingerprint density at radius 2 is 2.21 bits per heavy atom. The first-order valence-electron chi connectivity index (χ1n) is 4.29. The molecule has 0 saturated carbocycles. The van der Waals surface area contributed by atoms with E-state index in [-0.39, 0.29) is 12.1 Å². The molecule has 5 nitrogen and oxygen atoms in total. The van der Waals surface area contributed by atoms with Crippen LogP contribution in [0.2, 0.25) is 0 Å². The van der Waals surface area contributed by atoms with Gasteiger partial charge in [0.25, 0.3) is 0 Å². The quantitative estimate of drug-likeness (QED) is 0.744. The Labute approximate surface area is 81.2 Å². The maximum atomic E-state index is 10.9. The molecule has 0 radical (unpaired) electrons. The van der Waals surface area contributed by atoms with E-state index in [9.17, 15) is 4.79 Å². The first-order valence-corrected chi connectivity index (χ1v) is 4.29. The molecule has 2 N–H and O–H groups in total. The molecule has 1 atom stereocenters. The molecule has 1 amide bonds. The maximum absolute atomic E-state index is 10.9. The number of carbonyl (C=O) groups excluding carboxylic acids is 1. The number of nitrogens with one attached hydrogen (secondary N) is 2. The molecule has 1 aromatic rings. The van der Waals surface area contributed by atoms with Crippen LogP contribution in [-0.4, -0.2) is 5.91 Å². The van der Waals surface area contributed by atoms with E-state index in [1.54, 1.807) is 0 Å². The van der Waals surface area contributed by atoms with Crippen molar-refractivity contribution >= 4 is 11.6 Å². The summed E-state index contributed by atoms with van der Waals surface area (Å²) in [4.78, 5) is 10.9. The van der Waals surface area contributed by atoms with Gasteiger partial charge >= 0.3 is 0 Å². The second kappa shape index (κ2) is 3.45. The highest BCUT2D eigenvalue weighted by Gasteiger charge is 2.18. The standard InChI is InChI=1S/C9H10N4O/c1-6(14)10-8-5-3-2-4-7(8)9-11-13-12-9/h2-5,9H,1H3,(H,10,14)(H,11,12). The molecule has 0 bridgehead atoms. The van der Waals surface area contributed by atoms with Gasteiger partial charge in [-0.1, -0.05) is 23.4 Å². The van der Waals surface area contributed by atoms with Crippen molar-refractivity contribution in [2.24, 2.45) is 10.3 Å². The van der Waals surface area contributed by atoms with Gasteiger partial charge < -0.3 is 5.32 Å². The van der Waals surface area contributed by atoms with Gasteiger partial charge in [-0.05, 0) is 6.07 Å². The highest BCUT2D eigenvalue weighted by molar-refractivity contribution is 5.89. The zero-order valence-electron chi connectivity index (χ0n) is 7.69. The third-order valence-electron chi connectivity index (χ3n) is 1.92. The first kappa shape index (κ1) is 8.68. The molecular weight excluding hydrogens is 180 g/mol. The van der Waals surface area contributed by atoms with Gasteiger partial charge in [-0.2, -0.15) is 0 Å². The molecule has 1 aliphatic rings. The van der Waals surface area contributed by atoms with Crippen molar-refractivity contribution in [3.8, 4) is 0 Å². The van der Waals surface area contributed by atoms with E-state index >= 15 is 0 Å². The topological polar surface area (TPSA) is 65.8 Å². The van der Waals surface area contributed by atoms with Gasteiger partial charge in [0.2, 0.25) is 5.91 Å². The number of rotatable bonds is 2. The molecule has 72 valence electrons. The zero-order chi connectivity index (χ0) is 9.97. The van der Waals surface area contributed by atoms with Crippen LogP contribution < -0.4 is 10.7 Å². The minimum Gasteiger partial charge on any atom is -0.326 e. The van der Waals surface area contributed by atoms with Gasteiger partial charge in [-0.15, -0.1) is 5.11 Å². The summed E-state index contributed by atoms with van der Waals surface area (Å²) in [6.45, 7) is 1.48. The molecule has 0 spiro atoms. The van der Waals surface area contributed by atoms with Crippen molar-refractivity contribution in [2.45, 2.75) is 13.1 Å². The smallest absolute Gasteiger partial charge is 0.221 e. The van der Waals surface area contributed by atoms with E-state index in [0.717, 1.165) is 11.3 Å². The molecule has 5 heteroatoms. The van der Waals surface area contributed by atoms with E-state index in [2.05, 4.69) is 21.1 Å². The summed E-state index contributed by atoms with van der Waals surface area (Å²) in [7, 11) is 0. The Morgan fingerprint density at radius 3 is 2.79 bits per heavy atom. The molecule has 1 heterocycles. The second-order valence-corrected chi connectivity index (χ2v) is 3.02. The summed E-state index contributed by atoms with van der Waals surface area (Å²) in [6, 6.07) is 7.51. The molecule has 0 aromatic heterocycles. The molecule has 1 aromatic carbocycles. The van der Waals surface area contributed by atoms with Crippen molar-refractivity contribution in [3.63, 3.8) is 0 Å². The van der Waals surface area contributed by atoms with Crippen molar-refractivity contribution < 1.29 is 4.79 Å². The number of amides is 1. The Balaban J connectivity index is 2.28. The largest absolute Gasteiger partial charge is 0.326 e. The van der Waals surface area contributed by atoms with Crippen LogP contribution in [0.5, 0.6) is 0 Å². The van der Waals surface area contributed by atoms with Gasteiger partial charge in [-0.25, -0.2) is 0 Å². The maximum Gasteiger partial charge on any atom is 0.221 e. The number of para-hydroxylation sites is 1. The minimum absolute atomic E-state index is 0.0892. The highest BCUT2D eigenvalue weighted by atomic mass is 16.1. The Hall–Kier alpha value is -1.91. The van der Waals surface area contributed by atoms with Crippen LogP contribution in [0.25, 0.3) is 0 Å². The minimum atomic E-state index is -0.127. The highest BCUT2D eigenvalue weighted by Crippen LogP contribution is 2.27. The van der Waals surface area contributed by atoms with Crippen LogP contribution >= 0.6 is 0 Å². The monoisotopic (exact) mass is 190 g/mol. The number of hydrogen-bond acceptors (Lipinski definition) is 4. The van der Waals surface area contributed by atoms with Gasteiger partial charge in [0, 0.05) is 18.2 Å². The van der Waals surface area contributed by atoms with Crippen molar-refractivity contribution in [3.05, 3.63) is 29.8 Å². The Bertz CT molecular complexity index is 388. The van der Waals surface area contributed by atoms with Crippen LogP contribution in [-0.2, 0) is 4.79 Å². The number of carbonyl (C=O) groups is 1. The summed E-state index contributed by atoms with van der Waals surface area (Å²) >= 11 is 0. The predicted octanol–water partition coefficient (Wildman–Crippen LogP) is 1.61. The normalized spacial score (nSPS) is 18.2. The predicted molar refractivity (Wildman–Crippen MR) is 51.5 cm³/mol. The van der Waals surface area contributed by atoms with Crippen molar-refractivity contribution in [1.82, 2.24) is 5.43 Å². The fraction of sp³-hybridized carbons (Fsp3) is 0.222. The average Bonchev–Trinajstić information content (AvgIpc) is 2.04. The summed E-state index contributed by atoms with van der Waals surface area (Å²) < 4.78 is 0. The van der Waals surface area contributed by atoms with Gasteiger partial charge in [0.05, 0.1) is 0 Å². The molecule has 0 fully saturated rings. The van der Waals surface area contributed by atoms with Gasteiger partial charge in [-0.3, -0.25) is 10.2 Å². The molecule has 1 aliphatic heterocycles. The van der Waals surface area contributed by atoms with Gasteiger partial charge in [0.15, 0.2) is 6.17 Å². The molecule has 2 rings (SSSR count). The summed E-state index contributed by atoms with van der Waals surface area (Å²) in [6.07, 6.45) is -0.127. The molecular formula is C9H10N4O. The lowest BCUT2D eigenvalue weighted by Crippen LogP contribution is -2.22. The first-order chi connectivity index (χ1) is 6.77. The number of benzene rings is 1. The average molecular weight is 190 g/mol. The second-order valence-electron chi connectivity index (χ2n) is 3.02. The number of nitrogens with zero attached hydrogens (tertiary/aromatic N) is 2. The Morgan fingerprint density at radius 1 is 1.50 bits per heavy atom. The molecule has 0 saturated heterocycles. The number of hydrogen-bond donors (Lipinski definition) is 2. The van der Waals surface area contributed by atoms with Crippen LogP contribution in [0.3, 0.4) is 0 Å².